The standard InChI is InChI=1S/C35H35ClO2/c1-2-3-4-5-13-30-31-14-6-8-16-33(31)35(34-17-9-7-15-32(30)34)25-38-29-12-10-11-28(22-29)37-24-27-20-18-26(23-36)19-21-27/h6-12,14-22H,2-5,13,23-25H2,1H3. The third kappa shape index (κ3) is 6.14. The van der Waals surface area contributed by atoms with E-state index in [4.69, 9.17) is 21.1 Å². The van der Waals surface area contributed by atoms with E-state index >= 15 is 0 Å². The largest absolute Gasteiger partial charge is 0.489 e. The lowest BCUT2D eigenvalue weighted by Crippen LogP contribution is -2.01. The zero-order valence-corrected chi connectivity index (χ0v) is 22.8. The fraction of sp³-hybridized carbons (Fsp3) is 0.257. The Labute approximate surface area is 231 Å². The lowest BCUT2D eigenvalue weighted by atomic mass is 9.89. The highest BCUT2D eigenvalue weighted by Crippen LogP contribution is 2.35. The number of rotatable bonds is 12. The number of alkyl halides is 1. The van der Waals surface area contributed by atoms with Gasteiger partial charge in [0.05, 0.1) is 0 Å². The number of aryl methyl sites for hydroxylation is 1. The van der Waals surface area contributed by atoms with Gasteiger partial charge in [-0.3, -0.25) is 0 Å². The molecule has 0 saturated heterocycles. The van der Waals surface area contributed by atoms with Crippen molar-refractivity contribution in [1.29, 1.82) is 0 Å². The molecule has 0 atom stereocenters. The normalized spacial score (nSPS) is 11.2. The van der Waals surface area contributed by atoms with Gasteiger partial charge in [-0.1, -0.05) is 105 Å². The highest BCUT2D eigenvalue weighted by molar-refractivity contribution is 6.17. The van der Waals surface area contributed by atoms with Crippen molar-refractivity contribution < 1.29 is 9.47 Å². The molecule has 0 fully saturated rings. The molecule has 0 aliphatic carbocycles. The van der Waals surface area contributed by atoms with Gasteiger partial charge in [0.1, 0.15) is 24.7 Å². The van der Waals surface area contributed by atoms with E-state index < -0.39 is 0 Å². The molecule has 0 aliphatic heterocycles. The second kappa shape index (κ2) is 12.8. The monoisotopic (exact) mass is 522 g/mol. The molecule has 5 rings (SSSR count). The van der Waals surface area contributed by atoms with Crippen LogP contribution < -0.4 is 9.47 Å². The topological polar surface area (TPSA) is 18.5 Å². The van der Waals surface area contributed by atoms with Crippen molar-refractivity contribution in [3.63, 3.8) is 0 Å². The van der Waals surface area contributed by atoms with Gasteiger partial charge in [0.25, 0.3) is 0 Å². The minimum atomic E-state index is 0.500. The van der Waals surface area contributed by atoms with E-state index in [2.05, 4.69) is 67.6 Å². The van der Waals surface area contributed by atoms with Crippen LogP contribution in [0, 0.1) is 0 Å². The predicted molar refractivity (Wildman–Crippen MR) is 160 cm³/mol. The van der Waals surface area contributed by atoms with Crippen LogP contribution in [-0.2, 0) is 25.5 Å². The molecule has 0 unspecified atom stereocenters. The second-order valence-electron chi connectivity index (χ2n) is 9.86. The van der Waals surface area contributed by atoms with Crippen LogP contribution in [0.3, 0.4) is 0 Å². The highest BCUT2D eigenvalue weighted by atomic mass is 35.5. The maximum atomic E-state index is 6.39. The van der Waals surface area contributed by atoms with E-state index in [9.17, 15) is 0 Å². The van der Waals surface area contributed by atoms with E-state index in [1.807, 2.05) is 36.4 Å². The van der Waals surface area contributed by atoms with Gasteiger partial charge in [-0.25, -0.2) is 0 Å². The van der Waals surface area contributed by atoms with E-state index in [0.717, 1.165) is 29.0 Å². The number of hydrogen-bond acceptors (Lipinski definition) is 2. The second-order valence-corrected chi connectivity index (χ2v) is 10.1. The molecule has 0 radical (unpaired) electrons. The van der Waals surface area contributed by atoms with Gasteiger partial charge in [-0.05, 0) is 63.2 Å². The number of halogens is 1. The third-order valence-corrected chi connectivity index (χ3v) is 7.51. The molecule has 5 aromatic rings. The van der Waals surface area contributed by atoms with Gasteiger partial charge >= 0.3 is 0 Å². The first-order valence-corrected chi connectivity index (χ1v) is 14.2. The first kappa shape index (κ1) is 26.1. The molecular formula is C35H35ClO2. The molecule has 0 heterocycles. The van der Waals surface area contributed by atoms with Crippen LogP contribution in [0.15, 0.2) is 97.1 Å². The first-order chi connectivity index (χ1) is 18.8. The minimum Gasteiger partial charge on any atom is -0.489 e. The number of fused-ring (bicyclic) bond motifs is 2. The molecule has 3 heteroatoms. The minimum absolute atomic E-state index is 0.500. The molecule has 38 heavy (non-hydrogen) atoms. The Morgan fingerprint density at radius 2 is 1.11 bits per heavy atom. The fourth-order valence-electron chi connectivity index (χ4n) is 5.16. The Bertz CT molecular complexity index is 1430. The van der Waals surface area contributed by atoms with Crippen molar-refractivity contribution in [2.45, 2.75) is 58.1 Å². The van der Waals surface area contributed by atoms with Gasteiger partial charge in [-0.15, -0.1) is 11.6 Å². The van der Waals surface area contributed by atoms with Crippen LogP contribution in [0.25, 0.3) is 21.5 Å². The van der Waals surface area contributed by atoms with Crippen molar-refractivity contribution >= 4 is 33.1 Å². The number of unbranched alkanes of at least 4 members (excludes halogenated alkanes) is 3. The summed E-state index contributed by atoms with van der Waals surface area (Å²) in [7, 11) is 0. The molecule has 0 bridgehead atoms. The molecule has 0 amide bonds. The van der Waals surface area contributed by atoms with Gasteiger partial charge in [-0.2, -0.15) is 0 Å². The zero-order chi connectivity index (χ0) is 26.2. The average Bonchev–Trinajstić information content (AvgIpc) is 2.98. The summed E-state index contributed by atoms with van der Waals surface area (Å²) < 4.78 is 12.4. The van der Waals surface area contributed by atoms with Crippen LogP contribution in [0.2, 0.25) is 0 Å². The summed E-state index contributed by atoms with van der Waals surface area (Å²) in [4.78, 5) is 0. The average molecular weight is 523 g/mol. The Kier molecular flexibility index (Phi) is 8.83. The van der Waals surface area contributed by atoms with E-state index in [0.29, 0.717) is 19.1 Å². The fourth-order valence-corrected chi connectivity index (χ4v) is 5.34. The molecular weight excluding hydrogens is 488 g/mol. The Morgan fingerprint density at radius 1 is 0.553 bits per heavy atom. The van der Waals surface area contributed by atoms with Crippen LogP contribution in [-0.4, -0.2) is 0 Å². The number of hydrogen-bond donors (Lipinski definition) is 0. The zero-order valence-electron chi connectivity index (χ0n) is 22.1. The summed E-state index contributed by atoms with van der Waals surface area (Å²) >= 11 is 5.90. The Balaban J connectivity index is 1.37. The van der Waals surface area contributed by atoms with Gasteiger partial charge in [0.15, 0.2) is 0 Å². The molecule has 2 nitrogen and oxygen atoms in total. The smallest absolute Gasteiger partial charge is 0.123 e. The molecule has 194 valence electrons. The summed E-state index contributed by atoms with van der Waals surface area (Å²) in [5.74, 6) is 2.12. The summed E-state index contributed by atoms with van der Waals surface area (Å²) in [5, 5.41) is 5.26. The van der Waals surface area contributed by atoms with Crippen LogP contribution in [0.4, 0.5) is 0 Å². The SMILES string of the molecule is CCCCCCc1c2ccccc2c(COc2cccc(OCc3ccc(CCl)cc3)c2)c2ccccc12. The summed E-state index contributed by atoms with van der Waals surface area (Å²) in [6, 6.07) is 33.7. The summed E-state index contributed by atoms with van der Waals surface area (Å²) in [6.45, 7) is 3.27. The lowest BCUT2D eigenvalue weighted by Gasteiger charge is -2.18. The molecule has 0 aromatic heterocycles. The van der Waals surface area contributed by atoms with E-state index in [-0.39, 0.29) is 0 Å². The van der Waals surface area contributed by atoms with Gasteiger partial charge in [0.2, 0.25) is 0 Å². The van der Waals surface area contributed by atoms with Gasteiger partial charge in [0, 0.05) is 17.5 Å². The number of ether oxygens (including phenoxy) is 2. The molecule has 0 saturated carbocycles. The van der Waals surface area contributed by atoms with Crippen molar-refractivity contribution in [1.82, 2.24) is 0 Å². The molecule has 0 N–H and O–H groups in total. The molecule has 0 spiro atoms. The number of benzene rings is 5. The van der Waals surface area contributed by atoms with Gasteiger partial charge < -0.3 is 9.47 Å². The van der Waals surface area contributed by atoms with Crippen molar-refractivity contribution in [2.24, 2.45) is 0 Å². The Morgan fingerprint density at radius 3 is 1.68 bits per heavy atom. The lowest BCUT2D eigenvalue weighted by molar-refractivity contribution is 0.291. The molecule has 0 aliphatic rings. The maximum absolute atomic E-state index is 6.39. The first-order valence-electron chi connectivity index (χ1n) is 13.7. The van der Waals surface area contributed by atoms with Crippen LogP contribution >= 0.6 is 11.6 Å². The maximum Gasteiger partial charge on any atom is 0.123 e. The van der Waals surface area contributed by atoms with Crippen molar-refractivity contribution in [2.75, 3.05) is 0 Å². The van der Waals surface area contributed by atoms with E-state index in [1.54, 1.807) is 0 Å². The summed E-state index contributed by atoms with van der Waals surface area (Å²) in [5.41, 5.74) is 4.91. The third-order valence-electron chi connectivity index (χ3n) is 7.21. The van der Waals surface area contributed by atoms with E-state index in [1.165, 1.54) is 58.4 Å². The van der Waals surface area contributed by atoms with Crippen LogP contribution in [0.5, 0.6) is 11.5 Å². The van der Waals surface area contributed by atoms with Crippen molar-refractivity contribution in [3.8, 4) is 11.5 Å². The molecule has 5 aromatic carbocycles. The summed E-state index contributed by atoms with van der Waals surface area (Å²) in [6.07, 6.45) is 6.16. The quantitative estimate of drug-likeness (QED) is 0.0921. The van der Waals surface area contributed by atoms with Crippen LogP contribution in [0.1, 0.15) is 54.9 Å². The predicted octanol–water partition coefficient (Wildman–Crippen LogP) is 10.0. The highest BCUT2D eigenvalue weighted by Gasteiger charge is 2.14. The Hall–Kier alpha value is -3.49. The van der Waals surface area contributed by atoms with Crippen molar-refractivity contribution in [3.05, 3.63) is 119 Å².